The van der Waals surface area contributed by atoms with Crippen LogP contribution < -0.4 is 0 Å². The fourth-order valence-electron chi connectivity index (χ4n) is 3.46. The molecule has 6 heteroatoms. The number of hydrogen-bond acceptors (Lipinski definition) is 4. The Bertz CT molecular complexity index is 629. The molecule has 3 rings (SSSR count). The molecule has 2 aliphatic rings. The molecule has 0 aromatic carbocycles. The highest BCUT2D eigenvalue weighted by Gasteiger charge is 2.41. The molecule has 2 fully saturated rings. The average molecular weight is 296 g/mol. The molecule has 1 saturated heterocycles. The van der Waals surface area contributed by atoms with E-state index in [4.69, 9.17) is 0 Å². The van der Waals surface area contributed by atoms with E-state index < -0.39 is 15.4 Å². The highest BCUT2D eigenvalue weighted by Crippen LogP contribution is 2.37. The number of hydrogen-bond donors (Lipinski definition) is 0. The third kappa shape index (κ3) is 2.30. The standard InChI is InChI=1S/C14H20N2O3S/c1-14(6-7-20(18,19)10-14)16-8-12(9-17)13(15-16)11-4-2-3-5-11/h8-9,11H,2-7,10H2,1H3. The molecule has 1 aliphatic carbocycles. The van der Waals surface area contributed by atoms with Crippen LogP contribution >= 0.6 is 0 Å². The van der Waals surface area contributed by atoms with Crippen LogP contribution in [-0.4, -0.2) is 36.0 Å². The molecule has 0 N–H and O–H groups in total. The zero-order valence-corrected chi connectivity index (χ0v) is 12.5. The van der Waals surface area contributed by atoms with Gasteiger partial charge in [0.15, 0.2) is 16.1 Å². The summed E-state index contributed by atoms with van der Waals surface area (Å²) in [6.07, 6.45) is 7.67. The molecular formula is C14H20N2O3S. The zero-order valence-electron chi connectivity index (χ0n) is 11.7. The average Bonchev–Trinajstić information content (AvgIpc) is 3.07. The first-order valence-corrected chi connectivity index (χ1v) is 9.01. The number of aromatic nitrogens is 2. The van der Waals surface area contributed by atoms with Gasteiger partial charge in [-0.25, -0.2) is 8.42 Å². The van der Waals surface area contributed by atoms with Gasteiger partial charge >= 0.3 is 0 Å². The summed E-state index contributed by atoms with van der Waals surface area (Å²) < 4.78 is 25.2. The minimum absolute atomic E-state index is 0.115. The lowest BCUT2D eigenvalue weighted by atomic mass is 10.0. The highest BCUT2D eigenvalue weighted by molar-refractivity contribution is 7.91. The van der Waals surface area contributed by atoms with E-state index in [2.05, 4.69) is 5.10 Å². The first kappa shape index (κ1) is 13.8. The van der Waals surface area contributed by atoms with Crippen LogP contribution in [0.4, 0.5) is 0 Å². The lowest BCUT2D eigenvalue weighted by Crippen LogP contribution is -2.32. The van der Waals surface area contributed by atoms with Crippen molar-refractivity contribution in [2.75, 3.05) is 11.5 Å². The second-order valence-corrected chi connectivity index (χ2v) is 8.54. The van der Waals surface area contributed by atoms with E-state index in [1.807, 2.05) is 6.92 Å². The van der Waals surface area contributed by atoms with Gasteiger partial charge in [0.05, 0.1) is 28.3 Å². The quantitative estimate of drug-likeness (QED) is 0.799. The molecule has 1 atom stereocenters. The molecule has 110 valence electrons. The third-order valence-corrected chi connectivity index (χ3v) is 6.56. The predicted octanol–water partition coefficient (Wildman–Crippen LogP) is 1.89. The zero-order chi connectivity index (χ0) is 14.4. The van der Waals surface area contributed by atoms with E-state index in [-0.39, 0.29) is 11.5 Å². The molecule has 0 bridgehead atoms. The minimum atomic E-state index is -2.98. The second kappa shape index (κ2) is 4.69. The van der Waals surface area contributed by atoms with Crippen molar-refractivity contribution in [1.82, 2.24) is 9.78 Å². The molecule has 5 nitrogen and oxygen atoms in total. The Morgan fingerprint density at radius 2 is 2.10 bits per heavy atom. The lowest BCUT2D eigenvalue weighted by molar-refractivity contribution is 0.112. The smallest absolute Gasteiger partial charge is 0.153 e. The van der Waals surface area contributed by atoms with E-state index in [0.29, 0.717) is 17.9 Å². The van der Waals surface area contributed by atoms with Crippen LogP contribution in [0.2, 0.25) is 0 Å². The van der Waals surface area contributed by atoms with Gasteiger partial charge in [-0.2, -0.15) is 5.10 Å². The van der Waals surface area contributed by atoms with Crippen molar-refractivity contribution in [2.24, 2.45) is 0 Å². The van der Waals surface area contributed by atoms with Gasteiger partial charge < -0.3 is 0 Å². The molecule has 2 heterocycles. The van der Waals surface area contributed by atoms with Crippen molar-refractivity contribution in [2.45, 2.75) is 50.5 Å². The van der Waals surface area contributed by atoms with Crippen molar-refractivity contribution in [1.29, 1.82) is 0 Å². The molecule has 1 saturated carbocycles. The maximum Gasteiger partial charge on any atom is 0.153 e. The molecule has 1 aromatic heterocycles. The number of carbonyl (C=O) groups excluding carboxylic acids is 1. The van der Waals surface area contributed by atoms with Gasteiger partial charge in [0, 0.05) is 12.1 Å². The monoisotopic (exact) mass is 296 g/mol. The molecule has 1 unspecified atom stereocenters. The van der Waals surface area contributed by atoms with Crippen LogP contribution in [0.5, 0.6) is 0 Å². The van der Waals surface area contributed by atoms with E-state index >= 15 is 0 Å². The first-order valence-electron chi connectivity index (χ1n) is 7.19. The third-order valence-electron chi connectivity index (χ3n) is 4.68. The Labute approximate surface area is 119 Å². The molecule has 1 aromatic rings. The maximum atomic E-state index is 11.7. The number of aldehydes is 1. The molecule has 0 spiro atoms. The van der Waals surface area contributed by atoms with Gasteiger partial charge in [-0.15, -0.1) is 0 Å². The normalized spacial score (nSPS) is 29.9. The summed E-state index contributed by atoms with van der Waals surface area (Å²) in [5.74, 6) is 0.681. The maximum absolute atomic E-state index is 11.7. The second-order valence-electron chi connectivity index (χ2n) is 6.35. The first-order chi connectivity index (χ1) is 9.43. The molecule has 0 radical (unpaired) electrons. The van der Waals surface area contributed by atoms with Gasteiger partial charge in [0.2, 0.25) is 0 Å². The fraction of sp³-hybridized carbons (Fsp3) is 0.714. The van der Waals surface area contributed by atoms with Crippen molar-refractivity contribution in [3.63, 3.8) is 0 Å². The van der Waals surface area contributed by atoms with Crippen LogP contribution in [0.25, 0.3) is 0 Å². The largest absolute Gasteiger partial charge is 0.298 e. The summed E-state index contributed by atoms with van der Waals surface area (Å²) in [5, 5.41) is 4.60. The molecule has 1 aliphatic heterocycles. The number of rotatable bonds is 3. The predicted molar refractivity (Wildman–Crippen MR) is 75.7 cm³/mol. The van der Waals surface area contributed by atoms with Crippen LogP contribution in [0, 0.1) is 0 Å². The fourth-order valence-corrected chi connectivity index (χ4v) is 5.58. The molecule has 20 heavy (non-hydrogen) atoms. The number of nitrogens with zero attached hydrogens (tertiary/aromatic N) is 2. The summed E-state index contributed by atoms with van der Waals surface area (Å²) in [6, 6.07) is 0. The highest BCUT2D eigenvalue weighted by atomic mass is 32.2. The van der Waals surface area contributed by atoms with Crippen molar-refractivity contribution >= 4 is 16.1 Å². The van der Waals surface area contributed by atoms with Crippen LogP contribution in [0.3, 0.4) is 0 Å². The molecular weight excluding hydrogens is 276 g/mol. The summed E-state index contributed by atoms with van der Waals surface area (Å²) in [7, 11) is -2.98. The van der Waals surface area contributed by atoms with Gasteiger partial charge in [0.1, 0.15) is 0 Å². The SMILES string of the molecule is CC1(n2cc(C=O)c(C3CCCC3)n2)CCS(=O)(=O)C1. The van der Waals surface area contributed by atoms with Crippen LogP contribution in [0.15, 0.2) is 6.20 Å². The van der Waals surface area contributed by atoms with E-state index in [1.54, 1.807) is 10.9 Å². The number of sulfone groups is 1. The Hall–Kier alpha value is -1.17. The van der Waals surface area contributed by atoms with Crippen LogP contribution in [-0.2, 0) is 15.4 Å². The summed E-state index contributed by atoms with van der Waals surface area (Å²) in [6.45, 7) is 1.91. The summed E-state index contributed by atoms with van der Waals surface area (Å²) in [5.41, 5.74) is 0.985. The number of carbonyl (C=O) groups is 1. The van der Waals surface area contributed by atoms with E-state index in [0.717, 1.165) is 24.8 Å². The van der Waals surface area contributed by atoms with Crippen molar-refractivity contribution < 1.29 is 13.2 Å². The van der Waals surface area contributed by atoms with Crippen molar-refractivity contribution in [3.8, 4) is 0 Å². The van der Waals surface area contributed by atoms with E-state index in [1.165, 1.54) is 12.8 Å². The Morgan fingerprint density at radius 3 is 2.65 bits per heavy atom. The van der Waals surface area contributed by atoms with Gasteiger partial charge in [0.25, 0.3) is 0 Å². The van der Waals surface area contributed by atoms with Crippen LogP contribution in [0.1, 0.15) is 61.0 Å². The Morgan fingerprint density at radius 1 is 1.40 bits per heavy atom. The Balaban J connectivity index is 1.97. The van der Waals surface area contributed by atoms with E-state index in [9.17, 15) is 13.2 Å². The lowest BCUT2D eigenvalue weighted by Gasteiger charge is -2.22. The van der Waals surface area contributed by atoms with Crippen molar-refractivity contribution in [3.05, 3.63) is 17.5 Å². The summed E-state index contributed by atoms with van der Waals surface area (Å²) >= 11 is 0. The Kier molecular flexibility index (Phi) is 3.23. The molecule has 0 amide bonds. The topological polar surface area (TPSA) is 69.0 Å². The van der Waals surface area contributed by atoms with Gasteiger partial charge in [-0.3, -0.25) is 9.48 Å². The minimum Gasteiger partial charge on any atom is -0.298 e. The van der Waals surface area contributed by atoms with Gasteiger partial charge in [-0.1, -0.05) is 12.8 Å². The summed E-state index contributed by atoms with van der Waals surface area (Å²) in [4.78, 5) is 11.3. The van der Waals surface area contributed by atoms with Gasteiger partial charge in [-0.05, 0) is 26.2 Å².